The second kappa shape index (κ2) is 10.6. The van der Waals surface area contributed by atoms with Crippen LogP contribution in [-0.4, -0.2) is 44.0 Å². The maximum atomic E-state index is 9.40. The van der Waals surface area contributed by atoms with Gasteiger partial charge < -0.3 is 25.2 Å². The summed E-state index contributed by atoms with van der Waals surface area (Å²) in [5.74, 6) is 2.05. The summed E-state index contributed by atoms with van der Waals surface area (Å²) in [5, 5.41) is 16.7. The lowest BCUT2D eigenvalue weighted by Crippen LogP contribution is -2.43. The molecule has 0 aromatic heterocycles. The quantitative estimate of drug-likeness (QED) is 0.440. The van der Waals surface area contributed by atoms with Gasteiger partial charge >= 0.3 is 0 Å². The molecular weight excluding hydrogens is 366 g/mol. The van der Waals surface area contributed by atoms with Gasteiger partial charge in [0.15, 0.2) is 17.5 Å². The Morgan fingerprint density at radius 2 is 1.93 bits per heavy atom. The molecule has 1 aliphatic heterocycles. The molecule has 0 saturated carbocycles. The molecule has 0 saturated heterocycles. The van der Waals surface area contributed by atoms with Crippen LogP contribution in [-0.2, 0) is 6.54 Å². The average molecular weight is 398 g/mol. The molecule has 7 heteroatoms. The average Bonchev–Trinajstić information content (AvgIpc) is 2.69. The molecule has 0 spiro atoms. The zero-order valence-corrected chi connectivity index (χ0v) is 17.4. The van der Waals surface area contributed by atoms with Crippen LogP contribution < -0.4 is 20.1 Å². The van der Waals surface area contributed by atoms with Gasteiger partial charge in [0.2, 0.25) is 0 Å². The minimum atomic E-state index is 0.0747. The third kappa shape index (κ3) is 5.91. The molecule has 3 N–H and O–H groups in total. The molecule has 1 aromatic rings. The summed E-state index contributed by atoms with van der Waals surface area (Å²) in [6.45, 7) is 9.66. The zero-order valence-electron chi connectivity index (χ0n) is 16.6. The van der Waals surface area contributed by atoms with Crippen molar-refractivity contribution in [2.75, 3.05) is 32.9 Å². The normalized spacial score (nSPS) is 14.2. The van der Waals surface area contributed by atoms with E-state index in [1.807, 2.05) is 19.1 Å². The number of aliphatic imine (C=N–C) groups is 1. The zero-order chi connectivity index (χ0) is 19.7. The molecule has 0 atom stereocenters. The molecule has 0 fully saturated rings. The fraction of sp³-hybridized carbons (Fsp3) is 0.650. The van der Waals surface area contributed by atoms with Gasteiger partial charge in [0.1, 0.15) is 13.2 Å². The van der Waals surface area contributed by atoms with Crippen molar-refractivity contribution in [3.05, 3.63) is 22.7 Å². The lowest BCUT2D eigenvalue weighted by Gasteiger charge is -2.32. The van der Waals surface area contributed by atoms with Crippen LogP contribution >= 0.6 is 11.6 Å². The van der Waals surface area contributed by atoms with Crippen LogP contribution in [0.1, 0.15) is 45.6 Å². The SMILES string of the molecule is CCNC(=NCc1cc(Cl)c2c(c1)OCCO2)NCC(CC)(CC)CCO. The number of halogens is 1. The molecular formula is C20H32ClN3O3. The Morgan fingerprint density at radius 3 is 2.59 bits per heavy atom. The Morgan fingerprint density at radius 1 is 1.19 bits per heavy atom. The minimum Gasteiger partial charge on any atom is -0.486 e. The summed E-state index contributed by atoms with van der Waals surface area (Å²) in [5.41, 5.74) is 1.04. The summed E-state index contributed by atoms with van der Waals surface area (Å²) < 4.78 is 11.2. The smallest absolute Gasteiger partial charge is 0.191 e. The van der Waals surface area contributed by atoms with Crippen molar-refractivity contribution < 1.29 is 14.6 Å². The lowest BCUT2D eigenvalue weighted by molar-refractivity contribution is 0.169. The van der Waals surface area contributed by atoms with Crippen molar-refractivity contribution in [2.24, 2.45) is 10.4 Å². The van der Waals surface area contributed by atoms with E-state index in [4.69, 9.17) is 21.1 Å². The maximum absolute atomic E-state index is 9.40. The van der Waals surface area contributed by atoms with E-state index in [-0.39, 0.29) is 12.0 Å². The van der Waals surface area contributed by atoms with Crippen LogP contribution in [0.3, 0.4) is 0 Å². The number of ether oxygens (including phenoxy) is 2. The van der Waals surface area contributed by atoms with Crippen LogP contribution in [0.5, 0.6) is 11.5 Å². The maximum Gasteiger partial charge on any atom is 0.191 e. The van der Waals surface area contributed by atoms with Gasteiger partial charge in [-0.25, -0.2) is 4.99 Å². The highest BCUT2D eigenvalue weighted by atomic mass is 35.5. The molecule has 1 aliphatic rings. The first kappa shape index (κ1) is 21.6. The van der Waals surface area contributed by atoms with E-state index in [1.54, 1.807) is 0 Å². The highest BCUT2D eigenvalue weighted by molar-refractivity contribution is 6.32. The number of benzene rings is 1. The van der Waals surface area contributed by atoms with Crippen LogP contribution in [0.15, 0.2) is 17.1 Å². The van der Waals surface area contributed by atoms with E-state index in [0.29, 0.717) is 36.3 Å². The van der Waals surface area contributed by atoms with Crippen molar-refractivity contribution in [1.29, 1.82) is 0 Å². The third-order valence-electron chi connectivity index (χ3n) is 5.19. The monoisotopic (exact) mass is 397 g/mol. The van der Waals surface area contributed by atoms with Crippen LogP contribution in [0, 0.1) is 5.41 Å². The van der Waals surface area contributed by atoms with Gasteiger partial charge in [-0.3, -0.25) is 0 Å². The molecule has 1 heterocycles. The summed E-state index contributed by atoms with van der Waals surface area (Å²) >= 11 is 6.31. The predicted molar refractivity (Wildman–Crippen MR) is 110 cm³/mol. The van der Waals surface area contributed by atoms with Crippen molar-refractivity contribution >= 4 is 17.6 Å². The van der Waals surface area contributed by atoms with Crippen LogP contribution in [0.2, 0.25) is 5.02 Å². The summed E-state index contributed by atoms with van der Waals surface area (Å²) in [7, 11) is 0. The molecule has 0 aliphatic carbocycles. The van der Waals surface area contributed by atoms with Crippen LogP contribution in [0.25, 0.3) is 0 Å². The van der Waals surface area contributed by atoms with E-state index < -0.39 is 0 Å². The largest absolute Gasteiger partial charge is 0.486 e. The number of rotatable bonds is 9. The molecule has 1 aromatic carbocycles. The summed E-state index contributed by atoms with van der Waals surface area (Å²) in [6.07, 6.45) is 2.80. The standard InChI is InChI=1S/C20H32ClN3O3/c1-4-20(5-2,7-8-25)14-24-19(22-6-3)23-13-15-11-16(21)18-17(12-15)26-9-10-27-18/h11-12,25H,4-10,13-14H2,1-3H3,(H2,22,23,24). The fourth-order valence-electron chi connectivity index (χ4n) is 3.22. The number of aliphatic hydroxyl groups excluding tert-OH is 1. The fourth-order valence-corrected chi connectivity index (χ4v) is 3.51. The lowest BCUT2D eigenvalue weighted by atomic mass is 9.79. The second-order valence-corrected chi connectivity index (χ2v) is 7.24. The minimum absolute atomic E-state index is 0.0747. The number of nitrogens with zero attached hydrogens (tertiary/aromatic N) is 1. The van der Waals surface area contributed by atoms with Crippen molar-refractivity contribution in [1.82, 2.24) is 10.6 Å². The molecule has 0 amide bonds. The van der Waals surface area contributed by atoms with E-state index in [9.17, 15) is 5.11 Å². The molecule has 27 heavy (non-hydrogen) atoms. The molecule has 0 bridgehead atoms. The van der Waals surface area contributed by atoms with E-state index in [1.165, 1.54) is 0 Å². The van der Waals surface area contributed by atoms with Crippen LogP contribution in [0.4, 0.5) is 0 Å². The highest BCUT2D eigenvalue weighted by Gasteiger charge is 2.25. The molecule has 2 rings (SSSR count). The van der Waals surface area contributed by atoms with Crippen molar-refractivity contribution in [2.45, 2.75) is 46.6 Å². The number of hydrogen-bond acceptors (Lipinski definition) is 4. The first-order valence-electron chi connectivity index (χ1n) is 9.78. The van der Waals surface area contributed by atoms with Gasteiger partial charge in [-0.1, -0.05) is 25.4 Å². The molecule has 0 radical (unpaired) electrons. The van der Waals surface area contributed by atoms with Crippen molar-refractivity contribution in [3.8, 4) is 11.5 Å². The summed E-state index contributed by atoms with van der Waals surface area (Å²) in [6, 6.07) is 3.80. The number of aliphatic hydroxyl groups is 1. The second-order valence-electron chi connectivity index (χ2n) is 6.83. The Kier molecular flexibility index (Phi) is 8.51. The Hall–Kier alpha value is -1.66. The highest BCUT2D eigenvalue weighted by Crippen LogP contribution is 2.38. The first-order chi connectivity index (χ1) is 13.1. The number of nitrogens with one attached hydrogen (secondary N) is 2. The van der Waals surface area contributed by atoms with Gasteiger partial charge in [0.25, 0.3) is 0 Å². The first-order valence-corrected chi connectivity index (χ1v) is 10.2. The molecule has 0 unspecified atom stereocenters. The number of hydrogen-bond donors (Lipinski definition) is 3. The number of guanidine groups is 1. The van der Waals surface area contributed by atoms with E-state index >= 15 is 0 Å². The third-order valence-corrected chi connectivity index (χ3v) is 5.47. The molecule has 152 valence electrons. The Labute approximate surface area is 167 Å². The predicted octanol–water partition coefficient (Wildman–Crippen LogP) is 3.36. The van der Waals surface area contributed by atoms with Gasteiger partial charge in [-0.05, 0) is 49.3 Å². The summed E-state index contributed by atoms with van der Waals surface area (Å²) in [4.78, 5) is 4.68. The number of fused-ring (bicyclic) bond motifs is 1. The van der Waals surface area contributed by atoms with Gasteiger partial charge in [0, 0.05) is 19.7 Å². The topological polar surface area (TPSA) is 75.1 Å². The van der Waals surface area contributed by atoms with E-state index in [0.717, 1.165) is 43.9 Å². The van der Waals surface area contributed by atoms with E-state index in [2.05, 4.69) is 29.5 Å². The van der Waals surface area contributed by atoms with Crippen molar-refractivity contribution in [3.63, 3.8) is 0 Å². The molecule has 6 nitrogen and oxygen atoms in total. The van der Waals surface area contributed by atoms with Gasteiger partial charge in [-0.15, -0.1) is 0 Å². The Bertz CT molecular complexity index is 633. The van der Waals surface area contributed by atoms with Gasteiger partial charge in [-0.2, -0.15) is 0 Å². The van der Waals surface area contributed by atoms with Gasteiger partial charge in [0.05, 0.1) is 11.6 Å². The Balaban J connectivity index is 2.08.